The van der Waals surface area contributed by atoms with Crippen molar-refractivity contribution in [1.82, 2.24) is 0 Å². The van der Waals surface area contributed by atoms with Crippen LogP contribution in [0.1, 0.15) is 48.5 Å². The molecule has 1 aromatic carbocycles. The van der Waals surface area contributed by atoms with E-state index in [4.69, 9.17) is 9.84 Å². The summed E-state index contributed by atoms with van der Waals surface area (Å²) in [5, 5.41) is 9.08. The predicted octanol–water partition coefficient (Wildman–Crippen LogP) is 3.48. The third kappa shape index (κ3) is 3.33. The lowest BCUT2D eigenvalue weighted by atomic mass is 9.89. The number of carboxylic acid groups (broad SMARTS) is 1. The van der Waals surface area contributed by atoms with Crippen LogP contribution >= 0.6 is 0 Å². The molecule has 1 aromatic rings. The summed E-state index contributed by atoms with van der Waals surface area (Å²) in [6.07, 6.45) is 4.91. The predicted molar refractivity (Wildman–Crippen MR) is 69.6 cm³/mol. The summed E-state index contributed by atoms with van der Waals surface area (Å²) in [4.78, 5) is 11.1. The zero-order valence-corrected chi connectivity index (χ0v) is 10.8. The smallest absolute Gasteiger partial charge is 0.336 e. The molecule has 0 aliphatic heterocycles. The maximum absolute atomic E-state index is 11.1. The Balaban J connectivity index is 1.92. The van der Waals surface area contributed by atoms with Gasteiger partial charge in [-0.25, -0.2) is 4.79 Å². The van der Waals surface area contributed by atoms with Crippen LogP contribution in [0.3, 0.4) is 0 Å². The molecule has 0 aromatic heterocycles. The quantitative estimate of drug-likeness (QED) is 0.887. The van der Waals surface area contributed by atoms with Gasteiger partial charge < -0.3 is 9.84 Å². The second-order valence-electron chi connectivity index (χ2n) is 5.16. The summed E-state index contributed by atoms with van der Waals surface area (Å²) in [6, 6.07) is 7.06. The highest BCUT2D eigenvalue weighted by Crippen LogP contribution is 2.26. The number of aromatic carboxylic acids is 1. The van der Waals surface area contributed by atoms with Crippen molar-refractivity contribution in [3.63, 3.8) is 0 Å². The Bertz CT molecular complexity index is 406. The average molecular weight is 248 g/mol. The third-order valence-electron chi connectivity index (χ3n) is 3.69. The molecule has 3 nitrogen and oxygen atoms in total. The second kappa shape index (κ2) is 6.01. The normalized spacial score (nSPS) is 23.8. The van der Waals surface area contributed by atoms with Crippen LogP contribution < -0.4 is 0 Å². The summed E-state index contributed by atoms with van der Waals surface area (Å²) in [7, 11) is 0. The van der Waals surface area contributed by atoms with E-state index in [2.05, 4.69) is 6.92 Å². The van der Waals surface area contributed by atoms with Gasteiger partial charge in [-0.1, -0.05) is 25.1 Å². The van der Waals surface area contributed by atoms with Gasteiger partial charge >= 0.3 is 5.97 Å². The fourth-order valence-corrected chi connectivity index (χ4v) is 2.46. The molecule has 1 fully saturated rings. The van der Waals surface area contributed by atoms with Crippen LogP contribution in [0.15, 0.2) is 24.3 Å². The fraction of sp³-hybridized carbons (Fsp3) is 0.533. The molecule has 3 heteroatoms. The largest absolute Gasteiger partial charge is 0.478 e. The van der Waals surface area contributed by atoms with Crippen LogP contribution in [0.5, 0.6) is 0 Å². The molecule has 2 rings (SSSR count). The summed E-state index contributed by atoms with van der Waals surface area (Å²) < 4.78 is 5.84. The molecule has 0 heterocycles. The molecule has 98 valence electrons. The molecule has 18 heavy (non-hydrogen) atoms. The van der Waals surface area contributed by atoms with Crippen LogP contribution in [0.2, 0.25) is 0 Å². The minimum Gasteiger partial charge on any atom is -0.478 e. The molecule has 0 bridgehead atoms. The second-order valence-corrected chi connectivity index (χ2v) is 5.16. The van der Waals surface area contributed by atoms with E-state index >= 15 is 0 Å². The molecular weight excluding hydrogens is 228 g/mol. The monoisotopic (exact) mass is 248 g/mol. The first-order valence-electron chi connectivity index (χ1n) is 6.59. The van der Waals surface area contributed by atoms with E-state index in [9.17, 15) is 4.79 Å². The van der Waals surface area contributed by atoms with Gasteiger partial charge in [-0.2, -0.15) is 0 Å². The van der Waals surface area contributed by atoms with Crippen LogP contribution in [0.25, 0.3) is 0 Å². The Morgan fingerprint density at radius 2 is 1.94 bits per heavy atom. The maximum atomic E-state index is 11.1. The van der Waals surface area contributed by atoms with Gasteiger partial charge in [0.1, 0.15) is 0 Å². The Kier molecular flexibility index (Phi) is 4.37. The summed E-state index contributed by atoms with van der Waals surface area (Å²) in [5.41, 5.74) is 1.12. The van der Waals surface area contributed by atoms with Crippen LogP contribution in [-0.2, 0) is 11.3 Å². The van der Waals surface area contributed by atoms with E-state index in [1.165, 1.54) is 12.8 Å². The van der Waals surface area contributed by atoms with Crippen molar-refractivity contribution < 1.29 is 14.6 Å². The van der Waals surface area contributed by atoms with Crippen molar-refractivity contribution in [2.24, 2.45) is 5.92 Å². The molecule has 0 spiro atoms. The van der Waals surface area contributed by atoms with Gasteiger partial charge in [0.2, 0.25) is 0 Å². The van der Waals surface area contributed by atoms with E-state index in [1.54, 1.807) is 12.1 Å². The van der Waals surface area contributed by atoms with Gasteiger partial charge in [-0.05, 0) is 43.2 Å². The summed E-state index contributed by atoms with van der Waals surface area (Å²) >= 11 is 0. The van der Waals surface area contributed by atoms with Crippen molar-refractivity contribution in [1.29, 1.82) is 0 Å². The SMILES string of the molecule is CC1CCC(OCc2ccccc2C(=O)O)CC1. The topological polar surface area (TPSA) is 46.5 Å². The highest BCUT2D eigenvalue weighted by molar-refractivity contribution is 5.89. The van der Waals surface area contributed by atoms with Gasteiger partial charge in [0.05, 0.1) is 18.3 Å². The van der Waals surface area contributed by atoms with Crippen LogP contribution in [-0.4, -0.2) is 17.2 Å². The number of hydrogen-bond donors (Lipinski definition) is 1. The number of benzene rings is 1. The molecule has 1 aliphatic carbocycles. The zero-order chi connectivity index (χ0) is 13.0. The lowest BCUT2D eigenvalue weighted by Gasteiger charge is -2.26. The number of hydrogen-bond acceptors (Lipinski definition) is 2. The molecule has 0 atom stereocenters. The van der Waals surface area contributed by atoms with E-state index in [0.29, 0.717) is 18.3 Å². The van der Waals surface area contributed by atoms with E-state index in [1.807, 2.05) is 12.1 Å². The summed E-state index contributed by atoms with van der Waals surface area (Å²) in [5.74, 6) is -0.0809. The first-order valence-corrected chi connectivity index (χ1v) is 6.59. The number of ether oxygens (including phenoxy) is 1. The number of carboxylic acids is 1. The Hall–Kier alpha value is -1.35. The summed E-state index contributed by atoms with van der Waals surface area (Å²) in [6.45, 7) is 2.68. The Morgan fingerprint density at radius 3 is 2.61 bits per heavy atom. The fourth-order valence-electron chi connectivity index (χ4n) is 2.46. The van der Waals surface area contributed by atoms with Gasteiger partial charge in [0.15, 0.2) is 0 Å². The Morgan fingerprint density at radius 1 is 1.28 bits per heavy atom. The lowest BCUT2D eigenvalue weighted by molar-refractivity contribution is 0.00821. The van der Waals surface area contributed by atoms with E-state index in [0.717, 1.165) is 24.3 Å². The minimum atomic E-state index is -0.883. The first-order chi connectivity index (χ1) is 8.66. The third-order valence-corrected chi connectivity index (χ3v) is 3.69. The van der Waals surface area contributed by atoms with Crippen molar-refractivity contribution in [2.75, 3.05) is 0 Å². The van der Waals surface area contributed by atoms with Crippen LogP contribution in [0, 0.1) is 5.92 Å². The molecule has 0 saturated heterocycles. The van der Waals surface area contributed by atoms with E-state index < -0.39 is 5.97 Å². The van der Waals surface area contributed by atoms with Crippen molar-refractivity contribution in [3.8, 4) is 0 Å². The molecule has 1 N–H and O–H groups in total. The molecule has 1 saturated carbocycles. The molecular formula is C15H20O3. The molecule has 0 unspecified atom stereocenters. The maximum Gasteiger partial charge on any atom is 0.336 e. The van der Waals surface area contributed by atoms with E-state index in [-0.39, 0.29) is 0 Å². The van der Waals surface area contributed by atoms with Crippen molar-refractivity contribution in [3.05, 3.63) is 35.4 Å². The standard InChI is InChI=1S/C15H20O3/c1-11-6-8-13(9-7-11)18-10-12-4-2-3-5-14(12)15(16)17/h2-5,11,13H,6-10H2,1H3,(H,16,17). The number of carbonyl (C=O) groups is 1. The van der Waals surface area contributed by atoms with Crippen molar-refractivity contribution >= 4 is 5.97 Å². The van der Waals surface area contributed by atoms with Crippen molar-refractivity contribution in [2.45, 2.75) is 45.3 Å². The molecule has 0 radical (unpaired) electrons. The highest BCUT2D eigenvalue weighted by Gasteiger charge is 2.19. The lowest BCUT2D eigenvalue weighted by Crippen LogP contribution is -2.20. The highest BCUT2D eigenvalue weighted by atomic mass is 16.5. The average Bonchev–Trinajstić information content (AvgIpc) is 2.38. The zero-order valence-electron chi connectivity index (χ0n) is 10.8. The van der Waals surface area contributed by atoms with Gasteiger partial charge in [0.25, 0.3) is 0 Å². The molecule has 1 aliphatic rings. The molecule has 0 amide bonds. The first kappa shape index (κ1) is 13.1. The minimum absolute atomic E-state index is 0.294. The Labute approximate surface area is 108 Å². The van der Waals surface area contributed by atoms with Gasteiger partial charge in [0, 0.05) is 0 Å². The van der Waals surface area contributed by atoms with Gasteiger partial charge in [-0.3, -0.25) is 0 Å². The van der Waals surface area contributed by atoms with Crippen LogP contribution in [0.4, 0.5) is 0 Å². The number of rotatable bonds is 4. The van der Waals surface area contributed by atoms with Gasteiger partial charge in [-0.15, -0.1) is 0 Å².